The minimum Gasteiger partial charge on any atom is -0.375 e. The zero-order chi connectivity index (χ0) is 13.0. The van der Waals surface area contributed by atoms with E-state index in [1.54, 1.807) is 16.8 Å². The number of halogens is 1. The fourth-order valence-electron chi connectivity index (χ4n) is 1.83. The molecule has 0 saturated heterocycles. The average Bonchev–Trinajstić information content (AvgIpc) is 2.94. The Morgan fingerprint density at radius 3 is 2.61 bits per heavy atom. The van der Waals surface area contributed by atoms with Crippen molar-refractivity contribution in [1.29, 1.82) is 0 Å². The van der Waals surface area contributed by atoms with Crippen LogP contribution in [0.4, 0.5) is 4.39 Å². The van der Waals surface area contributed by atoms with Gasteiger partial charge in [-0.1, -0.05) is 24.3 Å². The molecule has 2 unspecified atom stereocenters. The second kappa shape index (κ2) is 6.04. The van der Waals surface area contributed by atoms with Crippen molar-refractivity contribution >= 4 is 11.3 Å². The molecule has 5 heteroatoms. The third-order valence-electron chi connectivity index (χ3n) is 2.78. The molecule has 0 aliphatic heterocycles. The highest BCUT2D eigenvalue weighted by molar-refractivity contribution is 7.13. The number of rotatable bonds is 5. The summed E-state index contributed by atoms with van der Waals surface area (Å²) in [6.07, 6.45) is 1.41. The molecule has 2 rings (SSSR count). The number of alkyl halides is 1. The van der Waals surface area contributed by atoms with Crippen LogP contribution < -0.4 is 5.73 Å². The summed E-state index contributed by atoms with van der Waals surface area (Å²) in [5.41, 5.74) is 9.45. The van der Waals surface area contributed by atoms with E-state index < -0.39 is 18.8 Å². The summed E-state index contributed by atoms with van der Waals surface area (Å²) < 4.78 is 17.8. The van der Waals surface area contributed by atoms with Gasteiger partial charge in [0, 0.05) is 13.3 Å². The summed E-state index contributed by atoms with van der Waals surface area (Å²) >= 11 is 1.58. The molecule has 96 valence electrons. The smallest absolute Gasteiger partial charge is 0.107 e. The van der Waals surface area contributed by atoms with Crippen molar-refractivity contribution in [3.05, 3.63) is 41.5 Å². The van der Waals surface area contributed by atoms with Gasteiger partial charge in [0.15, 0.2) is 0 Å². The standard InChI is InChI=1S/C13H15FN2OS/c1-17-13(11(15)6-14)10-4-2-9(3-5-10)12-7-16-8-18-12/h2-5,7-8,11,13H,6,15H2,1H3. The van der Waals surface area contributed by atoms with Gasteiger partial charge in [0.1, 0.15) is 6.67 Å². The maximum Gasteiger partial charge on any atom is 0.107 e. The lowest BCUT2D eigenvalue weighted by Crippen LogP contribution is -2.31. The van der Waals surface area contributed by atoms with Crippen LogP contribution in [0.15, 0.2) is 36.0 Å². The van der Waals surface area contributed by atoms with Crippen molar-refractivity contribution in [2.24, 2.45) is 5.73 Å². The molecule has 0 aliphatic rings. The molecule has 0 fully saturated rings. The molecule has 3 nitrogen and oxygen atoms in total. The lowest BCUT2D eigenvalue weighted by Gasteiger charge is -2.20. The highest BCUT2D eigenvalue weighted by atomic mass is 32.1. The molecule has 0 amide bonds. The van der Waals surface area contributed by atoms with Crippen LogP contribution >= 0.6 is 11.3 Å². The number of thiazole rings is 1. The van der Waals surface area contributed by atoms with Crippen molar-refractivity contribution in [3.8, 4) is 10.4 Å². The van der Waals surface area contributed by atoms with Crippen LogP contribution in [0.1, 0.15) is 11.7 Å². The number of hydrogen-bond acceptors (Lipinski definition) is 4. The predicted octanol–water partition coefficient (Wildman–Crippen LogP) is 2.79. The second-order valence-electron chi connectivity index (χ2n) is 3.96. The first kappa shape index (κ1) is 13.1. The molecule has 2 aromatic rings. The maximum atomic E-state index is 12.6. The van der Waals surface area contributed by atoms with E-state index in [0.717, 1.165) is 16.0 Å². The van der Waals surface area contributed by atoms with Gasteiger partial charge in [0.2, 0.25) is 0 Å². The van der Waals surface area contributed by atoms with Crippen LogP contribution in [0.2, 0.25) is 0 Å². The fraction of sp³-hybridized carbons (Fsp3) is 0.308. The Morgan fingerprint density at radius 2 is 2.11 bits per heavy atom. The molecular weight excluding hydrogens is 251 g/mol. The first-order valence-electron chi connectivity index (χ1n) is 5.59. The monoisotopic (exact) mass is 266 g/mol. The molecule has 0 saturated carbocycles. The molecular formula is C13H15FN2OS. The van der Waals surface area contributed by atoms with E-state index in [1.807, 2.05) is 30.5 Å². The average molecular weight is 266 g/mol. The third kappa shape index (κ3) is 2.75. The van der Waals surface area contributed by atoms with E-state index in [4.69, 9.17) is 10.5 Å². The Kier molecular flexibility index (Phi) is 4.41. The minimum absolute atomic E-state index is 0.412. The Hall–Kier alpha value is -1.30. The normalized spacial score (nSPS) is 14.4. The van der Waals surface area contributed by atoms with E-state index in [1.165, 1.54) is 7.11 Å². The lowest BCUT2D eigenvalue weighted by molar-refractivity contribution is 0.0721. The topological polar surface area (TPSA) is 48.1 Å². The van der Waals surface area contributed by atoms with Crippen LogP contribution in [0.25, 0.3) is 10.4 Å². The van der Waals surface area contributed by atoms with Crippen LogP contribution in [-0.4, -0.2) is 24.8 Å². The van der Waals surface area contributed by atoms with E-state index in [0.29, 0.717) is 0 Å². The Labute approximate surface area is 109 Å². The lowest BCUT2D eigenvalue weighted by atomic mass is 10.0. The summed E-state index contributed by atoms with van der Waals surface area (Å²) in [7, 11) is 1.54. The Bertz CT molecular complexity index is 472. The quantitative estimate of drug-likeness (QED) is 0.905. The highest BCUT2D eigenvalue weighted by Gasteiger charge is 2.19. The van der Waals surface area contributed by atoms with Crippen molar-refractivity contribution in [1.82, 2.24) is 4.98 Å². The van der Waals surface area contributed by atoms with Gasteiger partial charge in [0.25, 0.3) is 0 Å². The molecule has 2 N–H and O–H groups in total. The van der Waals surface area contributed by atoms with Gasteiger partial charge in [0.05, 0.1) is 22.5 Å². The highest BCUT2D eigenvalue weighted by Crippen LogP contribution is 2.26. The number of methoxy groups -OCH3 is 1. The Morgan fingerprint density at radius 1 is 1.39 bits per heavy atom. The molecule has 0 spiro atoms. The van der Waals surface area contributed by atoms with Crippen LogP contribution in [0.3, 0.4) is 0 Å². The SMILES string of the molecule is COC(c1ccc(-c2cncs2)cc1)C(N)CF. The van der Waals surface area contributed by atoms with E-state index >= 15 is 0 Å². The van der Waals surface area contributed by atoms with Crippen LogP contribution in [0, 0.1) is 0 Å². The number of benzene rings is 1. The summed E-state index contributed by atoms with van der Waals surface area (Å²) in [5.74, 6) is 0. The summed E-state index contributed by atoms with van der Waals surface area (Å²) in [5, 5.41) is 0. The number of hydrogen-bond donors (Lipinski definition) is 1. The summed E-state index contributed by atoms with van der Waals surface area (Å²) in [4.78, 5) is 5.14. The number of nitrogens with zero attached hydrogens (tertiary/aromatic N) is 1. The molecule has 0 aliphatic carbocycles. The largest absolute Gasteiger partial charge is 0.375 e. The van der Waals surface area contributed by atoms with Crippen molar-refractivity contribution < 1.29 is 9.13 Å². The van der Waals surface area contributed by atoms with Gasteiger partial charge < -0.3 is 10.5 Å². The van der Waals surface area contributed by atoms with Crippen molar-refractivity contribution in [2.75, 3.05) is 13.8 Å². The zero-order valence-electron chi connectivity index (χ0n) is 10.0. The van der Waals surface area contributed by atoms with E-state index in [2.05, 4.69) is 4.98 Å². The number of aromatic nitrogens is 1. The predicted molar refractivity (Wildman–Crippen MR) is 71.3 cm³/mol. The van der Waals surface area contributed by atoms with Gasteiger partial charge >= 0.3 is 0 Å². The van der Waals surface area contributed by atoms with Gasteiger partial charge in [-0.05, 0) is 11.1 Å². The van der Waals surface area contributed by atoms with Crippen LogP contribution in [-0.2, 0) is 4.74 Å². The molecule has 2 atom stereocenters. The van der Waals surface area contributed by atoms with Gasteiger partial charge in [-0.25, -0.2) is 4.39 Å². The third-order valence-corrected chi connectivity index (χ3v) is 3.60. The molecule has 1 aromatic carbocycles. The van der Waals surface area contributed by atoms with Crippen molar-refractivity contribution in [3.63, 3.8) is 0 Å². The summed E-state index contributed by atoms with van der Waals surface area (Å²) in [6, 6.07) is 7.14. The van der Waals surface area contributed by atoms with Crippen molar-refractivity contribution in [2.45, 2.75) is 12.1 Å². The second-order valence-corrected chi connectivity index (χ2v) is 4.85. The first-order valence-corrected chi connectivity index (χ1v) is 6.47. The minimum atomic E-state index is -0.635. The molecule has 0 radical (unpaired) electrons. The maximum absolute atomic E-state index is 12.6. The molecule has 1 heterocycles. The number of ether oxygens (including phenoxy) is 1. The molecule has 18 heavy (non-hydrogen) atoms. The summed E-state index contributed by atoms with van der Waals surface area (Å²) in [6.45, 7) is -0.602. The fourth-order valence-corrected chi connectivity index (χ4v) is 2.46. The van der Waals surface area contributed by atoms with Gasteiger partial charge in [-0.2, -0.15) is 0 Å². The molecule has 1 aromatic heterocycles. The van der Waals surface area contributed by atoms with E-state index in [-0.39, 0.29) is 0 Å². The van der Waals surface area contributed by atoms with Gasteiger partial charge in [-0.3, -0.25) is 4.98 Å². The Balaban J connectivity index is 2.21. The number of nitrogens with two attached hydrogens (primary N) is 1. The van der Waals surface area contributed by atoms with Gasteiger partial charge in [-0.15, -0.1) is 11.3 Å². The first-order chi connectivity index (χ1) is 8.76. The van der Waals surface area contributed by atoms with Crippen LogP contribution in [0.5, 0.6) is 0 Å². The molecule has 0 bridgehead atoms. The van der Waals surface area contributed by atoms with E-state index in [9.17, 15) is 4.39 Å². The zero-order valence-corrected chi connectivity index (χ0v) is 10.9.